The summed E-state index contributed by atoms with van der Waals surface area (Å²) in [5, 5.41) is 6.35. The Morgan fingerprint density at radius 1 is 1.11 bits per heavy atom. The molecule has 1 saturated heterocycles. The number of benzene rings is 2. The Morgan fingerprint density at radius 3 is 2.45 bits per heavy atom. The van der Waals surface area contributed by atoms with E-state index in [-0.39, 0.29) is 23.7 Å². The van der Waals surface area contributed by atoms with Gasteiger partial charge in [0, 0.05) is 29.8 Å². The molecule has 14 heteroatoms. The Hall–Kier alpha value is -4.04. The van der Waals surface area contributed by atoms with Gasteiger partial charge in [-0.2, -0.15) is 18.3 Å². The van der Waals surface area contributed by atoms with Crippen LogP contribution in [0.4, 0.5) is 18.0 Å². The van der Waals surface area contributed by atoms with E-state index in [9.17, 15) is 27.6 Å². The largest absolute Gasteiger partial charge is 0.496 e. The summed E-state index contributed by atoms with van der Waals surface area (Å²) < 4.78 is 48.7. The number of carbonyl (C=O) groups is 2. The molecule has 230 valence electrons. The van der Waals surface area contributed by atoms with Crippen LogP contribution in [0.1, 0.15) is 37.1 Å². The van der Waals surface area contributed by atoms with Crippen molar-refractivity contribution in [2.45, 2.75) is 44.3 Å². The second-order valence-corrected chi connectivity index (χ2v) is 12.1. The zero-order chi connectivity index (χ0) is 31.8. The molecule has 2 aromatic carbocycles. The van der Waals surface area contributed by atoms with Crippen LogP contribution in [0.2, 0.25) is 0 Å². The van der Waals surface area contributed by atoms with Crippen LogP contribution in [-0.4, -0.2) is 43.3 Å². The minimum atomic E-state index is -4.61. The Labute approximate surface area is 258 Å². The van der Waals surface area contributed by atoms with Crippen LogP contribution in [0, 0.1) is 0 Å². The molecular weight excluding hydrogens is 615 g/mol. The third kappa shape index (κ3) is 6.13. The van der Waals surface area contributed by atoms with Crippen molar-refractivity contribution < 1.29 is 27.5 Å². The molecule has 2 aromatic heterocycles. The van der Waals surface area contributed by atoms with Crippen LogP contribution >= 0.6 is 23.5 Å². The lowest BCUT2D eigenvalue weighted by Crippen LogP contribution is -2.26. The molecule has 0 aliphatic carbocycles. The number of methoxy groups -OCH3 is 1. The van der Waals surface area contributed by atoms with E-state index >= 15 is 0 Å². The number of hydrogen-bond acceptors (Lipinski definition) is 8. The van der Waals surface area contributed by atoms with Crippen molar-refractivity contribution in [1.82, 2.24) is 24.6 Å². The summed E-state index contributed by atoms with van der Waals surface area (Å²) in [5.74, 6) is -0.110. The summed E-state index contributed by atoms with van der Waals surface area (Å²) in [7, 11) is 2.84. The predicted molar refractivity (Wildman–Crippen MR) is 165 cm³/mol. The van der Waals surface area contributed by atoms with Gasteiger partial charge in [0.15, 0.2) is 5.52 Å². The van der Waals surface area contributed by atoms with Crippen molar-refractivity contribution in [3.8, 4) is 17.1 Å². The second-order valence-electron chi connectivity index (χ2n) is 9.99. The molecule has 1 aliphatic heterocycles. The molecule has 2 amide bonds. The lowest BCUT2D eigenvalue weighted by Gasteiger charge is -2.16. The maximum Gasteiger partial charge on any atom is 0.419 e. The zero-order valence-corrected chi connectivity index (χ0v) is 25.9. The van der Waals surface area contributed by atoms with E-state index < -0.39 is 22.9 Å². The fraction of sp³-hybridized carbons (Fsp3) is 0.300. The minimum absolute atomic E-state index is 0.211. The Kier molecular flexibility index (Phi) is 8.93. The molecule has 0 atom stereocenters. The highest BCUT2D eigenvalue weighted by molar-refractivity contribution is 8.18. The fourth-order valence-electron chi connectivity index (χ4n) is 4.96. The first-order chi connectivity index (χ1) is 20.9. The number of ether oxygens (including phenoxy) is 1. The van der Waals surface area contributed by atoms with Gasteiger partial charge in [0.1, 0.15) is 17.1 Å². The summed E-state index contributed by atoms with van der Waals surface area (Å²) in [6.07, 6.45) is -3.25. The van der Waals surface area contributed by atoms with Crippen LogP contribution in [-0.2, 0) is 31.0 Å². The molecule has 1 N–H and O–H groups in total. The molecule has 4 aromatic rings. The molecule has 3 heterocycles. The summed E-state index contributed by atoms with van der Waals surface area (Å²) in [5.41, 5.74) is 1.92. The number of nitrogens with zero attached hydrogens (tertiary/aromatic N) is 4. The van der Waals surface area contributed by atoms with Crippen molar-refractivity contribution in [3.05, 3.63) is 74.5 Å². The SMILES string of the molecule is CCCc1nn(C)c2c(=O)n(CCSc3ccc(/C(C)=C4/SC(=O)NC4=O)cc3)c(-c3ccc(C(F)(F)F)c(OC)c3)nc12. The normalized spacial score (nSPS) is 14.8. The van der Waals surface area contributed by atoms with Crippen molar-refractivity contribution in [2.24, 2.45) is 7.05 Å². The minimum Gasteiger partial charge on any atom is -0.496 e. The average Bonchev–Trinajstić information content (AvgIpc) is 3.50. The number of alkyl halides is 3. The number of amides is 2. The van der Waals surface area contributed by atoms with Gasteiger partial charge < -0.3 is 4.74 Å². The number of imide groups is 1. The standard InChI is InChI=1S/C30H28F3N5O4S2/c1-5-6-21-23-24(37(3)36-21)28(40)38(26(34-23)18-9-12-20(30(31,32)33)22(15-18)42-4)13-14-43-19-10-7-17(8-11-19)16(2)25-27(39)35-29(41)44-25/h7-12,15H,5-6,13-14H2,1-4H3,(H,35,39,41)/b25-16+. The van der Waals surface area contributed by atoms with Crippen LogP contribution in [0.25, 0.3) is 28.0 Å². The molecule has 1 aliphatic rings. The molecule has 0 spiro atoms. The van der Waals surface area contributed by atoms with E-state index in [1.807, 2.05) is 31.2 Å². The molecule has 5 rings (SSSR count). The Morgan fingerprint density at radius 2 is 1.84 bits per heavy atom. The summed E-state index contributed by atoms with van der Waals surface area (Å²) in [6.45, 7) is 3.97. The van der Waals surface area contributed by atoms with Crippen molar-refractivity contribution in [1.29, 1.82) is 0 Å². The fourth-order valence-corrected chi connectivity index (χ4v) is 6.54. The number of aryl methyl sites for hydroxylation is 2. The lowest BCUT2D eigenvalue weighted by atomic mass is 10.1. The summed E-state index contributed by atoms with van der Waals surface area (Å²) in [4.78, 5) is 43.5. The number of halogens is 3. The summed E-state index contributed by atoms with van der Waals surface area (Å²) >= 11 is 2.35. The molecule has 44 heavy (non-hydrogen) atoms. The number of carbonyl (C=O) groups excluding carboxylic acids is 2. The third-order valence-corrected chi connectivity index (χ3v) is 9.07. The van der Waals surface area contributed by atoms with Gasteiger partial charge in [0.2, 0.25) is 0 Å². The van der Waals surface area contributed by atoms with E-state index in [4.69, 9.17) is 9.72 Å². The number of aromatic nitrogens is 4. The van der Waals surface area contributed by atoms with E-state index in [0.29, 0.717) is 44.9 Å². The highest BCUT2D eigenvalue weighted by Gasteiger charge is 2.34. The van der Waals surface area contributed by atoms with Crippen molar-refractivity contribution in [3.63, 3.8) is 0 Å². The van der Waals surface area contributed by atoms with E-state index in [2.05, 4.69) is 10.4 Å². The smallest absolute Gasteiger partial charge is 0.419 e. The van der Waals surface area contributed by atoms with Crippen molar-refractivity contribution >= 4 is 51.3 Å². The third-order valence-electron chi connectivity index (χ3n) is 7.09. The summed E-state index contributed by atoms with van der Waals surface area (Å²) in [6, 6.07) is 11.0. The highest BCUT2D eigenvalue weighted by Crippen LogP contribution is 2.38. The van der Waals surface area contributed by atoms with Gasteiger partial charge in [-0.25, -0.2) is 4.98 Å². The van der Waals surface area contributed by atoms with Crippen molar-refractivity contribution in [2.75, 3.05) is 12.9 Å². The molecular formula is C30H28F3N5O4S2. The second kappa shape index (κ2) is 12.5. The number of nitrogens with one attached hydrogen (secondary N) is 1. The first-order valence-electron chi connectivity index (χ1n) is 13.6. The Bertz CT molecular complexity index is 1860. The molecule has 0 radical (unpaired) electrons. The number of hydrogen-bond donors (Lipinski definition) is 1. The van der Waals surface area contributed by atoms with Crippen LogP contribution in [0.15, 0.2) is 57.1 Å². The van der Waals surface area contributed by atoms with E-state index in [0.717, 1.165) is 34.7 Å². The molecule has 1 fully saturated rings. The molecule has 0 bridgehead atoms. The zero-order valence-electron chi connectivity index (χ0n) is 24.2. The number of thioether (sulfide) groups is 2. The average molecular weight is 644 g/mol. The lowest BCUT2D eigenvalue weighted by molar-refractivity contribution is -0.138. The first-order valence-corrected chi connectivity index (χ1v) is 15.4. The van der Waals surface area contributed by atoms with E-state index in [1.165, 1.54) is 40.3 Å². The monoisotopic (exact) mass is 643 g/mol. The van der Waals surface area contributed by atoms with Gasteiger partial charge in [0.25, 0.3) is 16.7 Å². The topological polar surface area (TPSA) is 108 Å². The van der Waals surface area contributed by atoms with Gasteiger partial charge in [-0.1, -0.05) is 31.5 Å². The van der Waals surface area contributed by atoms with Crippen LogP contribution < -0.4 is 15.6 Å². The highest BCUT2D eigenvalue weighted by atomic mass is 32.2. The van der Waals surface area contributed by atoms with Gasteiger partial charge in [-0.15, -0.1) is 11.8 Å². The Balaban J connectivity index is 1.48. The van der Waals surface area contributed by atoms with Crippen LogP contribution in [0.3, 0.4) is 0 Å². The maximum absolute atomic E-state index is 13.9. The first kappa shape index (κ1) is 31.4. The molecule has 0 saturated carbocycles. The number of rotatable bonds is 9. The number of allylic oxidation sites excluding steroid dienone is 1. The van der Waals surface area contributed by atoms with Gasteiger partial charge >= 0.3 is 6.18 Å². The van der Waals surface area contributed by atoms with Gasteiger partial charge in [0.05, 0.1) is 23.3 Å². The maximum atomic E-state index is 13.9. The van der Waals surface area contributed by atoms with Gasteiger partial charge in [-0.3, -0.25) is 28.9 Å². The van der Waals surface area contributed by atoms with Gasteiger partial charge in [-0.05, 0) is 60.5 Å². The van der Waals surface area contributed by atoms with Crippen LogP contribution in [0.5, 0.6) is 5.75 Å². The molecule has 9 nitrogen and oxygen atoms in total. The number of fused-ring (bicyclic) bond motifs is 1. The quantitative estimate of drug-likeness (QED) is 0.168. The molecule has 0 unspecified atom stereocenters. The predicted octanol–water partition coefficient (Wildman–Crippen LogP) is 6.28. The van der Waals surface area contributed by atoms with E-state index in [1.54, 1.807) is 14.0 Å².